The molecule has 1 aliphatic heterocycles. The monoisotopic (exact) mass is 706 g/mol. The molecule has 0 bridgehead atoms. The Bertz CT molecular complexity index is 1730. The van der Waals surface area contributed by atoms with Gasteiger partial charge in [0.15, 0.2) is 5.78 Å². The third kappa shape index (κ3) is 12.1. The van der Waals surface area contributed by atoms with Crippen LogP contribution in [0.4, 0.5) is 10.2 Å². The minimum absolute atomic E-state index is 0. The van der Waals surface area contributed by atoms with E-state index < -0.39 is 0 Å². The van der Waals surface area contributed by atoms with Gasteiger partial charge in [0.2, 0.25) is 0 Å². The van der Waals surface area contributed by atoms with Crippen LogP contribution in [0.3, 0.4) is 0 Å². The van der Waals surface area contributed by atoms with E-state index in [1.807, 2.05) is 18.3 Å². The first kappa shape index (κ1) is 41.5. The van der Waals surface area contributed by atoms with Crippen LogP contribution in [0.15, 0.2) is 96.8 Å². The van der Waals surface area contributed by atoms with E-state index in [4.69, 9.17) is 10.2 Å². The SMILES string of the molecule is C.C=CC(=O)c1ccc(C2CC(CN3CCCN(c4cccc(C)n4)CC3)C2)c(CCC/C(=C/N=C)NCC)c1.C=CCc1ccc(C#N)cc1F.[HH]. The molecule has 0 unspecified atom stereocenters. The second-order valence-corrected chi connectivity index (χ2v) is 13.4. The number of pyridine rings is 1. The van der Waals surface area contributed by atoms with Gasteiger partial charge in [0.1, 0.15) is 11.6 Å². The summed E-state index contributed by atoms with van der Waals surface area (Å²) in [6.45, 7) is 21.4. The Balaban J connectivity index is 0.000000593. The van der Waals surface area contributed by atoms with Crippen molar-refractivity contribution >= 4 is 18.3 Å². The lowest BCUT2D eigenvalue weighted by Crippen LogP contribution is -2.38. The maximum Gasteiger partial charge on any atom is 0.185 e. The van der Waals surface area contributed by atoms with Gasteiger partial charge in [0.25, 0.3) is 0 Å². The van der Waals surface area contributed by atoms with Crippen LogP contribution in [0, 0.1) is 30.0 Å². The summed E-state index contributed by atoms with van der Waals surface area (Å²) in [5.41, 5.74) is 6.60. The molecule has 2 aliphatic rings. The fourth-order valence-electron chi connectivity index (χ4n) is 7.03. The van der Waals surface area contributed by atoms with Gasteiger partial charge in [-0.3, -0.25) is 9.79 Å². The molecule has 5 rings (SSSR count). The van der Waals surface area contributed by atoms with Crippen LogP contribution in [0.5, 0.6) is 0 Å². The number of anilines is 1. The van der Waals surface area contributed by atoms with Gasteiger partial charge in [-0.15, -0.1) is 6.58 Å². The standard InChI is InChI=1S/C33H45N5O.C10H8FN.CH4.H2/c1-5-32(39)28-14-15-31(27(22-28)11-8-12-30(23-34-4)35-6-2)29-20-26(21-29)24-37-16-9-17-38(19-18-37)33-13-7-10-25(3)36-33;1-2-3-9-5-4-8(7-12)6-10(9)11;;/h5,7,10,13-15,22-23,26,29,35H,1,4,6,8-9,11-12,16-21,24H2,2-3H3;2,4-6H,1,3H2;1H4;1H/b30-23-;;;. The summed E-state index contributed by atoms with van der Waals surface area (Å²) in [6.07, 6.45) is 11.9. The lowest BCUT2D eigenvalue weighted by molar-refractivity contribution is 0.104. The first-order valence-corrected chi connectivity index (χ1v) is 18.2. The number of nitrogens with one attached hydrogen (secondary N) is 1. The van der Waals surface area contributed by atoms with Crippen LogP contribution < -0.4 is 10.2 Å². The number of nitriles is 1. The number of aryl methyl sites for hydroxylation is 2. The van der Waals surface area contributed by atoms with Crippen molar-refractivity contribution in [1.82, 2.24) is 15.2 Å². The second-order valence-electron chi connectivity index (χ2n) is 13.4. The number of carbonyl (C=O) groups excluding carboxylic acids is 1. The number of aromatic nitrogens is 1. The van der Waals surface area contributed by atoms with E-state index in [0.29, 0.717) is 23.5 Å². The average Bonchev–Trinajstić information content (AvgIpc) is 3.36. The minimum atomic E-state index is -0.339. The summed E-state index contributed by atoms with van der Waals surface area (Å²) in [5.74, 6) is 2.09. The van der Waals surface area contributed by atoms with Crippen molar-refractivity contribution in [2.45, 2.75) is 72.1 Å². The number of hydrogen-bond donors (Lipinski definition) is 1. The van der Waals surface area contributed by atoms with E-state index in [0.717, 1.165) is 80.7 Å². The number of halogens is 1. The Kier molecular flexibility index (Phi) is 17.2. The lowest BCUT2D eigenvalue weighted by atomic mass is 9.69. The summed E-state index contributed by atoms with van der Waals surface area (Å²) in [4.78, 5) is 26.1. The van der Waals surface area contributed by atoms with Gasteiger partial charge in [-0.1, -0.05) is 44.3 Å². The quantitative estimate of drug-likeness (QED) is 0.0734. The third-order valence-electron chi connectivity index (χ3n) is 9.68. The fraction of sp³-hybridized carbons (Fsp3) is 0.409. The number of benzene rings is 2. The van der Waals surface area contributed by atoms with Gasteiger partial charge < -0.3 is 15.1 Å². The topological polar surface area (TPSA) is 84.6 Å². The van der Waals surface area contributed by atoms with Crippen molar-refractivity contribution in [2.75, 3.05) is 44.2 Å². The molecule has 52 heavy (non-hydrogen) atoms. The fourth-order valence-corrected chi connectivity index (χ4v) is 7.03. The molecular weight excluding hydrogens is 648 g/mol. The highest BCUT2D eigenvalue weighted by Crippen LogP contribution is 2.44. The molecule has 278 valence electrons. The Morgan fingerprint density at radius 2 is 1.92 bits per heavy atom. The Hall–Kier alpha value is -4.87. The van der Waals surface area contributed by atoms with E-state index >= 15 is 0 Å². The zero-order chi connectivity index (χ0) is 36.6. The smallest absolute Gasteiger partial charge is 0.185 e. The normalized spacial score (nSPS) is 17.2. The van der Waals surface area contributed by atoms with Crippen molar-refractivity contribution in [1.29, 1.82) is 5.26 Å². The maximum atomic E-state index is 13.0. The molecule has 3 aromatic rings. The molecule has 7 nitrogen and oxygen atoms in total. The number of nitrogens with zero attached hydrogens (tertiary/aromatic N) is 5. The lowest BCUT2D eigenvalue weighted by Gasteiger charge is -2.39. The van der Waals surface area contributed by atoms with Crippen molar-refractivity contribution < 1.29 is 10.6 Å². The van der Waals surface area contributed by atoms with Crippen LogP contribution in [0.1, 0.15) is 92.1 Å². The van der Waals surface area contributed by atoms with Gasteiger partial charge in [0.05, 0.1) is 11.6 Å². The Morgan fingerprint density at radius 1 is 1.12 bits per heavy atom. The molecule has 0 spiro atoms. The molecule has 0 radical (unpaired) electrons. The molecular formula is C44H59FN6O. The van der Waals surface area contributed by atoms with Crippen molar-refractivity contribution in [2.24, 2.45) is 10.9 Å². The van der Waals surface area contributed by atoms with Gasteiger partial charge in [-0.05, 0) is 137 Å². The van der Waals surface area contributed by atoms with Crippen LogP contribution in [-0.4, -0.2) is 61.7 Å². The van der Waals surface area contributed by atoms with Crippen molar-refractivity contribution in [3.8, 4) is 6.07 Å². The predicted octanol–water partition coefficient (Wildman–Crippen LogP) is 9.25. The number of allylic oxidation sites excluding steroid dienone is 3. The zero-order valence-electron chi connectivity index (χ0n) is 30.4. The number of aliphatic imine (C=N–C) groups is 1. The average molecular weight is 707 g/mol. The summed E-state index contributed by atoms with van der Waals surface area (Å²) >= 11 is 0. The van der Waals surface area contributed by atoms with Crippen molar-refractivity contribution in [3.63, 3.8) is 0 Å². The van der Waals surface area contributed by atoms with Crippen LogP contribution in [0.2, 0.25) is 0 Å². The third-order valence-corrected chi connectivity index (χ3v) is 9.68. The summed E-state index contributed by atoms with van der Waals surface area (Å²) in [5, 5.41) is 11.8. The van der Waals surface area contributed by atoms with E-state index in [-0.39, 0.29) is 20.5 Å². The highest BCUT2D eigenvalue weighted by Gasteiger charge is 2.33. The van der Waals surface area contributed by atoms with Gasteiger partial charge in [0, 0.05) is 57.3 Å². The molecule has 1 N–H and O–H groups in total. The van der Waals surface area contributed by atoms with E-state index in [2.05, 4.69) is 84.2 Å². The number of hydrogen-bond acceptors (Lipinski definition) is 7. The van der Waals surface area contributed by atoms with E-state index in [1.165, 1.54) is 49.1 Å². The molecule has 8 heteroatoms. The molecule has 1 aromatic heterocycles. The predicted molar refractivity (Wildman–Crippen MR) is 217 cm³/mol. The largest absolute Gasteiger partial charge is 0.387 e. The molecule has 2 fully saturated rings. The first-order valence-electron chi connectivity index (χ1n) is 18.2. The minimum Gasteiger partial charge on any atom is -0.387 e. The van der Waals surface area contributed by atoms with Crippen LogP contribution >= 0.6 is 0 Å². The number of rotatable bonds is 15. The molecule has 1 saturated heterocycles. The van der Waals surface area contributed by atoms with E-state index in [1.54, 1.807) is 18.2 Å². The van der Waals surface area contributed by atoms with Gasteiger partial charge >= 0.3 is 0 Å². The highest BCUT2D eigenvalue weighted by atomic mass is 19.1. The second kappa shape index (κ2) is 21.5. The van der Waals surface area contributed by atoms with Crippen molar-refractivity contribution in [3.05, 3.63) is 131 Å². The molecule has 2 aromatic carbocycles. The highest BCUT2D eigenvalue weighted by molar-refractivity contribution is 6.04. The van der Waals surface area contributed by atoms with E-state index in [9.17, 15) is 9.18 Å². The van der Waals surface area contributed by atoms with Gasteiger partial charge in [-0.25, -0.2) is 9.37 Å². The first-order chi connectivity index (χ1) is 24.8. The molecule has 1 saturated carbocycles. The Morgan fingerprint density at radius 3 is 2.60 bits per heavy atom. The summed E-state index contributed by atoms with van der Waals surface area (Å²) < 4.78 is 13.0. The molecule has 0 atom stereocenters. The van der Waals surface area contributed by atoms with Gasteiger partial charge in [-0.2, -0.15) is 5.26 Å². The summed E-state index contributed by atoms with van der Waals surface area (Å²) in [6, 6.07) is 18.9. The summed E-state index contributed by atoms with van der Waals surface area (Å²) in [7, 11) is 0. The number of ketones is 1. The molecule has 0 amide bonds. The molecule has 2 heterocycles. The zero-order valence-corrected chi connectivity index (χ0v) is 30.4. The van der Waals surface area contributed by atoms with Crippen LogP contribution in [0.25, 0.3) is 0 Å². The Labute approximate surface area is 313 Å². The maximum absolute atomic E-state index is 13.0. The number of carbonyl (C=O) groups is 1. The molecule has 1 aliphatic carbocycles. The van der Waals surface area contributed by atoms with Crippen LogP contribution in [-0.2, 0) is 12.8 Å².